The Morgan fingerprint density at radius 1 is 1.56 bits per heavy atom. The average molecular weight is 243 g/mol. The third-order valence-electron chi connectivity index (χ3n) is 2.24. The number of carbonyl (C=O) groups excluding carboxylic acids is 2. The molecule has 0 bridgehead atoms. The lowest BCUT2D eigenvalue weighted by Crippen LogP contribution is -2.45. The van der Waals surface area contributed by atoms with E-state index in [4.69, 9.17) is 5.26 Å². The first-order valence-electron chi connectivity index (χ1n) is 4.95. The maximum Gasteiger partial charge on any atom is 0.311 e. The molecule has 1 unspecified atom stereocenters. The number of carbonyl (C=O) groups is 2. The van der Waals surface area contributed by atoms with E-state index in [-0.39, 0.29) is 12.6 Å². The fourth-order valence-corrected chi connectivity index (χ4v) is 1.61. The van der Waals surface area contributed by atoms with Crippen molar-refractivity contribution in [2.75, 3.05) is 25.6 Å². The predicted octanol–water partition coefficient (Wildman–Crippen LogP) is 0.226. The van der Waals surface area contributed by atoms with Gasteiger partial charge in [0, 0.05) is 13.1 Å². The minimum Gasteiger partial charge on any atom is -0.335 e. The van der Waals surface area contributed by atoms with Gasteiger partial charge in [-0.2, -0.15) is 17.0 Å². The van der Waals surface area contributed by atoms with Crippen LogP contribution in [-0.4, -0.2) is 48.4 Å². The van der Waals surface area contributed by atoms with Crippen molar-refractivity contribution < 1.29 is 9.59 Å². The molecule has 1 N–H and O–H groups in total. The van der Waals surface area contributed by atoms with Gasteiger partial charge in [0.25, 0.3) is 0 Å². The van der Waals surface area contributed by atoms with Gasteiger partial charge in [0.05, 0.1) is 6.07 Å². The molecule has 0 saturated heterocycles. The van der Waals surface area contributed by atoms with E-state index in [2.05, 4.69) is 5.32 Å². The number of thioether (sulfide) groups is 1. The monoisotopic (exact) mass is 243 g/mol. The number of hydrogen-bond donors (Lipinski definition) is 1. The Kier molecular flexibility index (Phi) is 7.38. The molecule has 0 heterocycles. The summed E-state index contributed by atoms with van der Waals surface area (Å²) in [7, 11) is 1.60. The van der Waals surface area contributed by atoms with Crippen LogP contribution in [0.2, 0.25) is 0 Å². The first-order valence-corrected chi connectivity index (χ1v) is 6.34. The summed E-state index contributed by atoms with van der Waals surface area (Å²) in [6.07, 6.45) is 2.84. The average Bonchev–Trinajstić information content (AvgIpc) is 2.30. The Balaban J connectivity index is 4.16. The fraction of sp³-hybridized carbons (Fsp3) is 0.700. The summed E-state index contributed by atoms with van der Waals surface area (Å²) in [5.41, 5.74) is 0. The molecule has 0 aromatic carbocycles. The zero-order valence-electron chi connectivity index (χ0n) is 9.82. The van der Waals surface area contributed by atoms with Crippen LogP contribution < -0.4 is 5.32 Å². The summed E-state index contributed by atoms with van der Waals surface area (Å²) >= 11 is 1.70. The van der Waals surface area contributed by atoms with Crippen LogP contribution in [0.4, 0.5) is 0 Å². The first-order chi connectivity index (χ1) is 7.54. The lowest BCUT2D eigenvalue weighted by Gasteiger charge is -2.23. The third kappa shape index (κ3) is 5.03. The van der Waals surface area contributed by atoms with Crippen LogP contribution in [0, 0.1) is 11.3 Å². The molecular formula is C10H17N3O2S. The second kappa shape index (κ2) is 7.99. The van der Waals surface area contributed by atoms with Crippen molar-refractivity contribution in [2.24, 2.45) is 0 Å². The van der Waals surface area contributed by atoms with Gasteiger partial charge in [-0.25, -0.2) is 0 Å². The number of nitrogens with one attached hydrogen (secondary N) is 1. The molecule has 16 heavy (non-hydrogen) atoms. The second-order valence-corrected chi connectivity index (χ2v) is 4.37. The van der Waals surface area contributed by atoms with Crippen molar-refractivity contribution in [3.05, 3.63) is 0 Å². The van der Waals surface area contributed by atoms with Gasteiger partial charge in [-0.1, -0.05) is 0 Å². The van der Waals surface area contributed by atoms with E-state index in [0.29, 0.717) is 0 Å². The highest BCUT2D eigenvalue weighted by atomic mass is 32.2. The van der Waals surface area contributed by atoms with Crippen LogP contribution in [-0.2, 0) is 9.59 Å². The molecule has 0 aromatic heterocycles. The highest BCUT2D eigenvalue weighted by Crippen LogP contribution is 2.06. The largest absolute Gasteiger partial charge is 0.335 e. The maximum atomic E-state index is 11.6. The molecule has 0 aromatic rings. The van der Waals surface area contributed by atoms with Crippen LogP contribution in [0.5, 0.6) is 0 Å². The van der Waals surface area contributed by atoms with Gasteiger partial charge in [0.15, 0.2) is 0 Å². The summed E-state index contributed by atoms with van der Waals surface area (Å²) < 4.78 is 0. The van der Waals surface area contributed by atoms with Crippen molar-refractivity contribution in [1.82, 2.24) is 10.2 Å². The molecule has 0 spiro atoms. The Morgan fingerprint density at radius 3 is 2.69 bits per heavy atom. The van der Waals surface area contributed by atoms with Crippen LogP contribution in [0.25, 0.3) is 0 Å². The number of amides is 2. The van der Waals surface area contributed by atoms with Crippen molar-refractivity contribution in [3.8, 4) is 6.07 Å². The Morgan fingerprint density at radius 2 is 2.19 bits per heavy atom. The maximum absolute atomic E-state index is 11.6. The van der Waals surface area contributed by atoms with E-state index in [0.717, 1.165) is 12.2 Å². The van der Waals surface area contributed by atoms with E-state index in [1.807, 2.05) is 13.2 Å². The lowest BCUT2D eigenvalue weighted by molar-refractivity contribution is -0.146. The number of nitriles is 1. The first kappa shape index (κ1) is 14.8. The molecule has 90 valence electrons. The molecule has 5 nitrogen and oxygen atoms in total. The number of likely N-dealkylation sites (N-methyl/N-ethyl adjacent to an activating group) is 1. The van der Waals surface area contributed by atoms with Crippen molar-refractivity contribution >= 4 is 23.6 Å². The number of nitrogens with zero attached hydrogens (tertiary/aromatic N) is 2. The van der Waals surface area contributed by atoms with E-state index in [1.54, 1.807) is 24.9 Å². The van der Waals surface area contributed by atoms with Crippen LogP contribution in [0.15, 0.2) is 0 Å². The molecule has 6 heteroatoms. The Bertz CT molecular complexity index is 288. The SMILES string of the molecule is CSCCC(C)N(C)C(=O)C(=O)NCC#N. The molecule has 0 rings (SSSR count). The summed E-state index contributed by atoms with van der Waals surface area (Å²) in [6.45, 7) is 1.75. The number of hydrogen-bond acceptors (Lipinski definition) is 4. The van der Waals surface area contributed by atoms with Gasteiger partial charge >= 0.3 is 11.8 Å². The topological polar surface area (TPSA) is 73.2 Å². The Hall–Kier alpha value is -1.22. The standard InChI is InChI=1S/C10H17N3O2S/c1-8(4-7-16-3)13(2)10(15)9(14)12-6-5-11/h8H,4,6-7H2,1-3H3,(H,12,14). The van der Waals surface area contributed by atoms with Gasteiger partial charge in [-0.15, -0.1) is 0 Å². The van der Waals surface area contributed by atoms with E-state index in [9.17, 15) is 9.59 Å². The Labute approximate surface area is 100 Å². The van der Waals surface area contributed by atoms with E-state index < -0.39 is 11.8 Å². The predicted molar refractivity (Wildman–Crippen MR) is 63.9 cm³/mol. The molecule has 0 aliphatic carbocycles. The van der Waals surface area contributed by atoms with Crippen LogP contribution in [0.3, 0.4) is 0 Å². The zero-order chi connectivity index (χ0) is 12.6. The third-order valence-corrected chi connectivity index (χ3v) is 2.89. The molecule has 0 fully saturated rings. The summed E-state index contributed by atoms with van der Waals surface area (Å²) in [5.74, 6) is -0.373. The molecule has 0 aliphatic heterocycles. The van der Waals surface area contributed by atoms with Crippen molar-refractivity contribution in [3.63, 3.8) is 0 Å². The normalized spacial score (nSPS) is 11.4. The minimum atomic E-state index is -0.722. The zero-order valence-corrected chi connectivity index (χ0v) is 10.6. The summed E-state index contributed by atoms with van der Waals surface area (Å²) in [5, 5.41) is 10.5. The fourth-order valence-electron chi connectivity index (χ4n) is 1.04. The highest BCUT2D eigenvalue weighted by molar-refractivity contribution is 7.98. The van der Waals surface area contributed by atoms with Gasteiger partial charge in [-0.3, -0.25) is 9.59 Å². The number of rotatable bonds is 5. The van der Waals surface area contributed by atoms with Gasteiger partial charge in [-0.05, 0) is 25.4 Å². The van der Waals surface area contributed by atoms with Crippen molar-refractivity contribution in [2.45, 2.75) is 19.4 Å². The highest BCUT2D eigenvalue weighted by Gasteiger charge is 2.21. The lowest BCUT2D eigenvalue weighted by atomic mass is 10.2. The summed E-state index contributed by atoms with van der Waals surface area (Å²) in [4.78, 5) is 24.2. The van der Waals surface area contributed by atoms with E-state index in [1.165, 1.54) is 4.90 Å². The second-order valence-electron chi connectivity index (χ2n) is 3.39. The van der Waals surface area contributed by atoms with Gasteiger partial charge in [0.2, 0.25) is 0 Å². The quantitative estimate of drug-likeness (QED) is 0.554. The molecule has 2 amide bonds. The molecule has 0 radical (unpaired) electrons. The van der Waals surface area contributed by atoms with E-state index >= 15 is 0 Å². The van der Waals surface area contributed by atoms with Crippen molar-refractivity contribution in [1.29, 1.82) is 5.26 Å². The van der Waals surface area contributed by atoms with Gasteiger partial charge in [0.1, 0.15) is 6.54 Å². The molecule has 0 saturated carbocycles. The van der Waals surface area contributed by atoms with Crippen LogP contribution in [0.1, 0.15) is 13.3 Å². The van der Waals surface area contributed by atoms with Crippen LogP contribution >= 0.6 is 11.8 Å². The smallest absolute Gasteiger partial charge is 0.311 e. The summed E-state index contributed by atoms with van der Waals surface area (Å²) in [6, 6.07) is 1.77. The molecular weight excluding hydrogens is 226 g/mol. The molecule has 1 atom stereocenters. The minimum absolute atomic E-state index is 0.0211. The van der Waals surface area contributed by atoms with Gasteiger partial charge < -0.3 is 10.2 Å². The molecule has 0 aliphatic rings.